The fourth-order valence-electron chi connectivity index (χ4n) is 1.92. The van der Waals surface area contributed by atoms with E-state index in [1.165, 1.54) is 0 Å². The Labute approximate surface area is 121 Å². The standard InChI is InChI=1S/C15H16F3N3/c1-3-8-19-13-9-12(11-7-5-4-6-10(11)2)20-14(21-13)15(16,17)18/h4-7,9H,3,8H2,1-2H3,(H,19,20,21). The van der Waals surface area contributed by atoms with Gasteiger partial charge in [-0.2, -0.15) is 13.2 Å². The zero-order valence-electron chi connectivity index (χ0n) is 11.8. The summed E-state index contributed by atoms with van der Waals surface area (Å²) in [5, 5.41) is 2.89. The monoisotopic (exact) mass is 295 g/mol. The maximum Gasteiger partial charge on any atom is 0.451 e. The molecule has 2 aromatic rings. The molecule has 0 amide bonds. The van der Waals surface area contributed by atoms with Crippen molar-refractivity contribution in [2.24, 2.45) is 0 Å². The van der Waals surface area contributed by atoms with Crippen LogP contribution in [0, 0.1) is 6.92 Å². The van der Waals surface area contributed by atoms with Gasteiger partial charge in [0.2, 0.25) is 5.82 Å². The van der Waals surface area contributed by atoms with Gasteiger partial charge in [-0.3, -0.25) is 0 Å². The zero-order valence-corrected chi connectivity index (χ0v) is 11.8. The van der Waals surface area contributed by atoms with Crippen molar-refractivity contribution in [1.29, 1.82) is 0 Å². The Balaban J connectivity index is 2.52. The van der Waals surface area contributed by atoms with Gasteiger partial charge in [0, 0.05) is 18.2 Å². The molecule has 0 fully saturated rings. The summed E-state index contributed by atoms with van der Waals surface area (Å²) < 4.78 is 38.8. The van der Waals surface area contributed by atoms with E-state index >= 15 is 0 Å². The summed E-state index contributed by atoms with van der Waals surface area (Å²) in [6, 6.07) is 8.75. The van der Waals surface area contributed by atoms with E-state index in [2.05, 4.69) is 15.3 Å². The third-order valence-corrected chi connectivity index (χ3v) is 2.96. The lowest BCUT2D eigenvalue weighted by Gasteiger charge is -2.12. The number of benzene rings is 1. The summed E-state index contributed by atoms with van der Waals surface area (Å²) in [6.45, 7) is 4.33. The van der Waals surface area contributed by atoms with E-state index in [4.69, 9.17) is 0 Å². The molecular formula is C15H16F3N3. The number of halogens is 3. The Bertz CT molecular complexity index is 624. The van der Waals surface area contributed by atoms with Crippen LogP contribution in [0.4, 0.5) is 19.0 Å². The number of rotatable bonds is 4. The van der Waals surface area contributed by atoms with Crippen LogP contribution in [-0.4, -0.2) is 16.5 Å². The van der Waals surface area contributed by atoms with Crippen molar-refractivity contribution < 1.29 is 13.2 Å². The quantitative estimate of drug-likeness (QED) is 0.914. The molecule has 6 heteroatoms. The molecule has 0 saturated carbocycles. The fraction of sp³-hybridized carbons (Fsp3) is 0.333. The van der Waals surface area contributed by atoms with E-state index in [-0.39, 0.29) is 11.5 Å². The van der Waals surface area contributed by atoms with E-state index < -0.39 is 12.0 Å². The molecule has 0 aliphatic heterocycles. The van der Waals surface area contributed by atoms with Gasteiger partial charge >= 0.3 is 6.18 Å². The Morgan fingerprint density at radius 1 is 1.14 bits per heavy atom. The molecular weight excluding hydrogens is 279 g/mol. The molecule has 0 spiro atoms. The first kappa shape index (κ1) is 15.3. The summed E-state index contributed by atoms with van der Waals surface area (Å²) in [7, 11) is 0. The van der Waals surface area contributed by atoms with Gasteiger partial charge in [-0.25, -0.2) is 9.97 Å². The molecule has 0 aliphatic rings. The highest BCUT2D eigenvalue weighted by Crippen LogP contribution is 2.30. The Morgan fingerprint density at radius 2 is 1.86 bits per heavy atom. The van der Waals surface area contributed by atoms with E-state index in [1.54, 1.807) is 18.2 Å². The summed E-state index contributed by atoms with van der Waals surface area (Å²) in [4.78, 5) is 7.22. The van der Waals surface area contributed by atoms with Crippen LogP contribution in [0.1, 0.15) is 24.7 Å². The number of anilines is 1. The first-order valence-electron chi connectivity index (χ1n) is 6.68. The Hall–Kier alpha value is -2.11. The molecule has 0 bridgehead atoms. The number of aryl methyl sites for hydroxylation is 1. The zero-order chi connectivity index (χ0) is 15.5. The third kappa shape index (κ3) is 3.71. The Morgan fingerprint density at radius 3 is 2.48 bits per heavy atom. The highest BCUT2D eigenvalue weighted by molar-refractivity contribution is 5.66. The van der Waals surface area contributed by atoms with Gasteiger partial charge in [0.1, 0.15) is 5.82 Å². The van der Waals surface area contributed by atoms with Gasteiger partial charge in [-0.1, -0.05) is 31.2 Å². The molecule has 2 rings (SSSR count). The molecule has 0 aliphatic carbocycles. The molecule has 0 saturated heterocycles. The van der Waals surface area contributed by atoms with Gasteiger partial charge in [0.15, 0.2) is 0 Å². The summed E-state index contributed by atoms with van der Waals surface area (Å²) in [5.41, 5.74) is 1.81. The molecule has 1 heterocycles. The number of aromatic nitrogens is 2. The van der Waals surface area contributed by atoms with Crippen LogP contribution in [0.25, 0.3) is 11.3 Å². The predicted molar refractivity (Wildman–Crippen MR) is 76.0 cm³/mol. The van der Waals surface area contributed by atoms with Crippen molar-refractivity contribution >= 4 is 5.82 Å². The second-order valence-electron chi connectivity index (χ2n) is 4.70. The number of hydrogen-bond acceptors (Lipinski definition) is 3. The van der Waals surface area contributed by atoms with Crippen LogP contribution in [0.2, 0.25) is 0 Å². The summed E-state index contributed by atoms with van der Waals surface area (Å²) in [6.07, 6.45) is -3.77. The molecule has 0 radical (unpaired) electrons. The normalized spacial score (nSPS) is 11.5. The van der Waals surface area contributed by atoms with E-state index in [0.29, 0.717) is 12.1 Å². The SMILES string of the molecule is CCCNc1cc(-c2ccccc2C)nc(C(F)(F)F)n1. The average Bonchev–Trinajstić information content (AvgIpc) is 2.44. The fourth-order valence-corrected chi connectivity index (χ4v) is 1.92. The minimum Gasteiger partial charge on any atom is -0.370 e. The molecule has 1 N–H and O–H groups in total. The topological polar surface area (TPSA) is 37.8 Å². The Kier molecular flexibility index (Phi) is 4.45. The molecule has 1 aromatic carbocycles. The van der Waals surface area contributed by atoms with Gasteiger partial charge in [-0.15, -0.1) is 0 Å². The minimum atomic E-state index is -4.57. The number of nitrogens with zero attached hydrogens (tertiary/aromatic N) is 2. The lowest BCUT2D eigenvalue weighted by atomic mass is 10.1. The lowest BCUT2D eigenvalue weighted by Crippen LogP contribution is -2.14. The summed E-state index contributed by atoms with van der Waals surface area (Å²) in [5.74, 6) is -0.931. The van der Waals surface area contributed by atoms with Crippen molar-refractivity contribution in [2.45, 2.75) is 26.4 Å². The van der Waals surface area contributed by atoms with Crippen molar-refractivity contribution in [1.82, 2.24) is 9.97 Å². The average molecular weight is 295 g/mol. The van der Waals surface area contributed by atoms with Gasteiger partial charge in [0.25, 0.3) is 0 Å². The second-order valence-corrected chi connectivity index (χ2v) is 4.70. The predicted octanol–water partition coefficient (Wildman–Crippen LogP) is 4.29. The van der Waals surface area contributed by atoms with E-state index in [9.17, 15) is 13.2 Å². The van der Waals surface area contributed by atoms with Crippen LogP contribution < -0.4 is 5.32 Å². The first-order chi connectivity index (χ1) is 9.91. The van der Waals surface area contributed by atoms with E-state index in [0.717, 1.165) is 12.0 Å². The third-order valence-electron chi connectivity index (χ3n) is 2.96. The molecule has 112 valence electrons. The number of nitrogens with one attached hydrogen (secondary N) is 1. The van der Waals surface area contributed by atoms with Crippen LogP contribution >= 0.6 is 0 Å². The van der Waals surface area contributed by atoms with Crippen molar-refractivity contribution in [3.63, 3.8) is 0 Å². The lowest BCUT2D eigenvalue weighted by molar-refractivity contribution is -0.144. The van der Waals surface area contributed by atoms with Crippen LogP contribution in [0.5, 0.6) is 0 Å². The summed E-state index contributed by atoms with van der Waals surface area (Å²) >= 11 is 0. The van der Waals surface area contributed by atoms with Crippen molar-refractivity contribution in [3.05, 3.63) is 41.7 Å². The van der Waals surface area contributed by atoms with Crippen molar-refractivity contribution in [3.8, 4) is 11.3 Å². The number of alkyl halides is 3. The molecule has 3 nitrogen and oxygen atoms in total. The maximum atomic E-state index is 12.9. The molecule has 0 atom stereocenters. The van der Waals surface area contributed by atoms with Gasteiger partial charge < -0.3 is 5.32 Å². The van der Waals surface area contributed by atoms with Crippen LogP contribution in [0.3, 0.4) is 0 Å². The van der Waals surface area contributed by atoms with Crippen molar-refractivity contribution in [2.75, 3.05) is 11.9 Å². The smallest absolute Gasteiger partial charge is 0.370 e. The van der Waals surface area contributed by atoms with Crippen LogP contribution in [0.15, 0.2) is 30.3 Å². The first-order valence-corrected chi connectivity index (χ1v) is 6.68. The molecule has 0 unspecified atom stereocenters. The molecule has 21 heavy (non-hydrogen) atoms. The maximum absolute atomic E-state index is 12.9. The number of hydrogen-bond donors (Lipinski definition) is 1. The molecule has 1 aromatic heterocycles. The van der Waals surface area contributed by atoms with Gasteiger partial charge in [0.05, 0.1) is 5.69 Å². The highest BCUT2D eigenvalue weighted by atomic mass is 19.4. The minimum absolute atomic E-state index is 0.192. The highest BCUT2D eigenvalue weighted by Gasteiger charge is 2.35. The van der Waals surface area contributed by atoms with E-state index in [1.807, 2.05) is 26.0 Å². The largest absolute Gasteiger partial charge is 0.451 e. The van der Waals surface area contributed by atoms with Crippen LogP contribution in [-0.2, 0) is 6.18 Å². The van der Waals surface area contributed by atoms with Gasteiger partial charge in [-0.05, 0) is 18.9 Å². The second kappa shape index (κ2) is 6.11.